The van der Waals surface area contributed by atoms with E-state index in [9.17, 15) is 9.59 Å². The van der Waals surface area contributed by atoms with Gasteiger partial charge in [-0.15, -0.1) is 0 Å². The largest absolute Gasteiger partial charge is 0.493 e. The van der Waals surface area contributed by atoms with E-state index in [4.69, 9.17) is 21.1 Å². The minimum Gasteiger partial charge on any atom is -0.493 e. The summed E-state index contributed by atoms with van der Waals surface area (Å²) in [5.41, 5.74) is 4.06. The average molecular weight is 550 g/mol. The van der Waals surface area contributed by atoms with Crippen LogP contribution in [0.1, 0.15) is 30.4 Å². The van der Waals surface area contributed by atoms with Crippen molar-refractivity contribution in [2.45, 2.75) is 38.3 Å². The Kier molecular flexibility index (Phi) is 8.07. The highest BCUT2D eigenvalue weighted by molar-refractivity contribution is 6.30. The quantitative estimate of drug-likeness (QED) is 0.543. The van der Waals surface area contributed by atoms with E-state index in [0.29, 0.717) is 40.7 Å². The standard InChI is InChI=1S/C29H32ClN5O4/c1-38-26-16-19-15-25(28(36)31-22-9-11-24(12-10-22)33-34-13-3-4-14-34)35(18-20(19)17-27(26)39-2)29(37)32-23-7-5-21(30)6-8-23/h5-11,16-17,25H,3-4,12-15,18H2,1-2H3,(H,31,36)(H,32,37)/t25-/m0/s1. The van der Waals surface area contributed by atoms with Gasteiger partial charge in [0, 0.05) is 48.9 Å². The monoisotopic (exact) mass is 549 g/mol. The fourth-order valence-corrected chi connectivity index (χ4v) is 5.13. The normalized spacial score (nSPS) is 19.4. The van der Waals surface area contributed by atoms with Crippen molar-refractivity contribution in [2.24, 2.45) is 5.10 Å². The molecule has 2 heterocycles. The zero-order valence-electron chi connectivity index (χ0n) is 22.1. The minimum absolute atomic E-state index is 0.231. The summed E-state index contributed by atoms with van der Waals surface area (Å²) >= 11 is 6.00. The molecule has 0 radical (unpaired) electrons. The highest BCUT2D eigenvalue weighted by Gasteiger charge is 2.36. The van der Waals surface area contributed by atoms with Crippen molar-refractivity contribution in [2.75, 3.05) is 32.6 Å². The van der Waals surface area contributed by atoms with Crippen molar-refractivity contribution in [3.8, 4) is 11.5 Å². The summed E-state index contributed by atoms with van der Waals surface area (Å²) in [5, 5.41) is 13.3. The predicted octanol–water partition coefficient (Wildman–Crippen LogP) is 4.73. The number of ether oxygens (including phenoxy) is 2. The number of allylic oxidation sites excluding steroid dienone is 3. The molecule has 0 saturated carbocycles. The van der Waals surface area contributed by atoms with Gasteiger partial charge in [-0.2, -0.15) is 5.10 Å². The molecule has 39 heavy (non-hydrogen) atoms. The second-order valence-electron chi connectivity index (χ2n) is 9.70. The number of hydrogen-bond acceptors (Lipinski definition) is 6. The van der Waals surface area contributed by atoms with E-state index >= 15 is 0 Å². The van der Waals surface area contributed by atoms with Crippen LogP contribution in [-0.2, 0) is 17.8 Å². The van der Waals surface area contributed by atoms with Crippen molar-refractivity contribution in [1.82, 2.24) is 15.2 Å². The maximum absolute atomic E-state index is 13.6. The van der Waals surface area contributed by atoms with Gasteiger partial charge in [-0.05, 0) is 72.5 Å². The highest BCUT2D eigenvalue weighted by atomic mass is 35.5. The minimum atomic E-state index is -0.739. The molecule has 1 aliphatic carbocycles. The Bertz CT molecular complexity index is 1330. The molecule has 2 aromatic rings. The second kappa shape index (κ2) is 11.8. The molecule has 1 saturated heterocycles. The highest BCUT2D eigenvalue weighted by Crippen LogP contribution is 2.35. The Labute approximate surface area is 233 Å². The summed E-state index contributed by atoms with van der Waals surface area (Å²) in [5.74, 6) is 0.885. The first-order chi connectivity index (χ1) is 18.9. The van der Waals surface area contributed by atoms with Crippen LogP contribution in [0.4, 0.5) is 10.5 Å². The van der Waals surface area contributed by atoms with Crippen LogP contribution in [0.15, 0.2) is 65.4 Å². The molecule has 2 aliphatic heterocycles. The summed E-state index contributed by atoms with van der Waals surface area (Å²) in [6, 6.07) is 9.46. The Hall–Kier alpha value is -3.98. The van der Waals surface area contributed by atoms with Gasteiger partial charge in [-0.25, -0.2) is 4.79 Å². The number of hydrazone groups is 1. The summed E-state index contributed by atoms with van der Waals surface area (Å²) in [6.45, 7) is 2.20. The molecule has 3 amide bonds. The van der Waals surface area contributed by atoms with E-state index < -0.39 is 6.04 Å². The number of benzene rings is 2. The van der Waals surface area contributed by atoms with Gasteiger partial charge in [-0.1, -0.05) is 17.7 Å². The van der Waals surface area contributed by atoms with Crippen molar-refractivity contribution in [3.05, 3.63) is 76.5 Å². The van der Waals surface area contributed by atoms with Gasteiger partial charge in [0.2, 0.25) is 5.91 Å². The van der Waals surface area contributed by atoms with E-state index in [2.05, 4.69) is 20.7 Å². The molecule has 204 valence electrons. The van der Waals surface area contributed by atoms with Crippen LogP contribution in [0.25, 0.3) is 0 Å². The number of amides is 3. The molecular formula is C29H32ClN5O4. The van der Waals surface area contributed by atoms with E-state index in [1.807, 2.05) is 30.4 Å². The van der Waals surface area contributed by atoms with Gasteiger partial charge in [0.15, 0.2) is 11.5 Å². The van der Waals surface area contributed by atoms with E-state index in [1.165, 1.54) is 12.8 Å². The Morgan fingerprint density at radius 1 is 0.974 bits per heavy atom. The molecule has 0 bridgehead atoms. The average Bonchev–Trinajstić information content (AvgIpc) is 3.46. The molecule has 2 N–H and O–H groups in total. The number of hydrogen-bond donors (Lipinski definition) is 2. The Morgan fingerprint density at radius 3 is 2.31 bits per heavy atom. The number of nitrogens with zero attached hydrogens (tertiary/aromatic N) is 3. The number of nitrogens with one attached hydrogen (secondary N) is 2. The number of carbonyl (C=O) groups is 2. The number of fused-ring (bicyclic) bond motifs is 1. The number of rotatable bonds is 6. The van der Waals surface area contributed by atoms with Crippen molar-refractivity contribution < 1.29 is 19.1 Å². The van der Waals surface area contributed by atoms with Crippen molar-refractivity contribution >= 4 is 34.9 Å². The number of methoxy groups -OCH3 is 2. The van der Waals surface area contributed by atoms with Crippen LogP contribution in [0.2, 0.25) is 5.02 Å². The summed E-state index contributed by atoms with van der Waals surface area (Å²) in [6.07, 6.45) is 9.05. The van der Waals surface area contributed by atoms with Crippen molar-refractivity contribution in [3.63, 3.8) is 0 Å². The van der Waals surface area contributed by atoms with E-state index in [-0.39, 0.29) is 18.5 Å². The molecule has 2 aromatic carbocycles. The molecule has 1 fully saturated rings. The van der Waals surface area contributed by atoms with Crippen LogP contribution in [-0.4, -0.2) is 60.9 Å². The number of carbonyl (C=O) groups excluding carboxylic acids is 2. The van der Waals surface area contributed by atoms with Crippen LogP contribution < -0.4 is 20.1 Å². The third-order valence-electron chi connectivity index (χ3n) is 7.10. The number of anilines is 1. The predicted molar refractivity (Wildman–Crippen MR) is 151 cm³/mol. The fraction of sp³-hybridized carbons (Fsp3) is 0.345. The second-order valence-corrected chi connectivity index (χ2v) is 10.1. The fourth-order valence-electron chi connectivity index (χ4n) is 5.00. The molecule has 5 rings (SSSR count). The molecule has 0 unspecified atom stereocenters. The molecule has 0 spiro atoms. The van der Waals surface area contributed by atoms with Gasteiger partial charge in [-0.3, -0.25) is 9.80 Å². The van der Waals surface area contributed by atoms with Gasteiger partial charge < -0.3 is 25.0 Å². The topological polar surface area (TPSA) is 95.5 Å². The third kappa shape index (κ3) is 6.20. The molecular weight excluding hydrogens is 518 g/mol. The van der Waals surface area contributed by atoms with Crippen LogP contribution in [0.5, 0.6) is 11.5 Å². The SMILES string of the molecule is COc1cc2c(cc1OC)CN(C(=O)Nc1ccc(Cl)cc1)[C@H](C(=O)NC1=CCC(=NN3CCCC3)C=C1)C2. The zero-order chi connectivity index (χ0) is 27.4. The van der Waals surface area contributed by atoms with E-state index in [0.717, 1.165) is 29.9 Å². The molecule has 0 aromatic heterocycles. The van der Waals surface area contributed by atoms with Gasteiger partial charge in [0.25, 0.3) is 0 Å². The van der Waals surface area contributed by atoms with Crippen LogP contribution >= 0.6 is 11.6 Å². The molecule has 3 aliphatic rings. The molecule has 1 atom stereocenters. The first-order valence-corrected chi connectivity index (χ1v) is 13.4. The summed E-state index contributed by atoms with van der Waals surface area (Å²) in [7, 11) is 3.15. The van der Waals surface area contributed by atoms with Crippen molar-refractivity contribution in [1.29, 1.82) is 0 Å². The first kappa shape index (κ1) is 26.6. The van der Waals surface area contributed by atoms with Gasteiger partial charge in [0.1, 0.15) is 6.04 Å². The number of halogens is 1. The lowest BCUT2D eigenvalue weighted by Crippen LogP contribution is -2.53. The van der Waals surface area contributed by atoms with Gasteiger partial charge in [0.05, 0.1) is 19.9 Å². The van der Waals surface area contributed by atoms with Gasteiger partial charge >= 0.3 is 6.03 Å². The lowest BCUT2D eigenvalue weighted by Gasteiger charge is -2.36. The zero-order valence-corrected chi connectivity index (χ0v) is 22.8. The lowest BCUT2D eigenvalue weighted by atomic mass is 9.92. The first-order valence-electron chi connectivity index (χ1n) is 13.0. The summed E-state index contributed by atoms with van der Waals surface area (Å²) in [4.78, 5) is 28.6. The van der Waals surface area contributed by atoms with E-state index in [1.54, 1.807) is 43.4 Å². The maximum atomic E-state index is 13.6. The maximum Gasteiger partial charge on any atom is 0.322 e. The van der Waals surface area contributed by atoms with Crippen LogP contribution in [0, 0.1) is 0 Å². The number of urea groups is 1. The summed E-state index contributed by atoms with van der Waals surface area (Å²) < 4.78 is 10.9. The molecule has 10 heteroatoms. The Balaban J connectivity index is 1.35. The molecule has 9 nitrogen and oxygen atoms in total. The lowest BCUT2D eigenvalue weighted by molar-refractivity contribution is -0.125. The Morgan fingerprint density at radius 2 is 1.67 bits per heavy atom. The van der Waals surface area contributed by atoms with Crippen LogP contribution in [0.3, 0.4) is 0 Å². The smallest absolute Gasteiger partial charge is 0.322 e. The third-order valence-corrected chi connectivity index (χ3v) is 7.35.